The number of nitrogens with one attached hydrogen (secondary N) is 2. The van der Waals surface area contributed by atoms with E-state index >= 15 is 0 Å². The number of aromatic nitrogens is 2. The van der Waals surface area contributed by atoms with Gasteiger partial charge in [0.2, 0.25) is 0 Å². The number of ether oxygens (including phenoxy) is 1. The maximum atomic E-state index is 15.0. The summed E-state index contributed by atoms with van der Waals surface area (Å²) in [6.45, 7) is 8.47. The summed E-state index contributed by atoms with van der Waals surface area (Å²) in [6, 6.07) is 17.4. The van der Waals surface area contributed by atoms with E-state index in [1.807, 2.05) is 34.6 Å². The highest BCUT2D eigenvalue weighted by Gasteiger charge is 2.25. The number of hydrogen-bond donors (Lipinski definition) is 2. The highest BCUT2D eigenvalue weighted by Crippen LogP contribution is 2.35. The Morgan fingerprint density at radius 3 is 2.50 bits per heavy atom. The molecule has 3 saturated heterocycles. The van der Waals surface area contributed by atoms with Gasteiger partial charge in [0.25, 0.3) is 5.56 Å². The van der Waals surface area contributed by atoms with Crippen LogP contribution in [0.4, 0.5) is 20.2 Å². The zero-order valence-electron chi connectivity index (χ0n) is 26.6. The summed E-state index contributed by atoms with van der Waals surface area (Å²) in [5, 5.41) is 13.6. The average molecular weight is 673 g/mol. The third kappa shape index (κ3) is 7.12. The molecule has 0 amide bonds. The van der Waals surface area contributed by atoms with Crippen molar-refractivity contribution in [3.05, 3.63) is 82.7 Å². The molecule has 7 rings (SSSR count). The molecule has 0 bridgehead atoms. The van der Waals surface area contributed by atoms with E-state index in [2.05, 4.69) is 24.8 Å². The molecule has 10 nitrogen and oxygen atoms in total. The predicted octanol–water partition coefficient (Wildman–Crippen LogP) is 5.33. The predicted molar refractivity (Wildman–Crippen MR) is 185 cm³/mol. The van der Waals surface area contributed by atoms with Crippen LogP contribution in [0.1, 0.15) is 24.8 Å². The Morgan fingerprint density at radius 2 is 1.77 bits per heavy atom. The zero-order chi connectivity index (χ0) is 33.0. The first-order valence-electron chi connectivity index (χ1n) is 16.5. The highest BCUT2D eigenvalue weighted by atomic mass is 32.2. The molecular formula is C35H38F2N8O2S. The van der Waals surface area contributed by atoms with Crippen LogP contribution in [0.25, 0.3) is 16.6 Å². The normalized spacial score (nSPS) is 19.4. The van der Waals surface area contributed by atoms with Gasteiger partial charge < -0.3 is 24.6 Å². The molecule has 13 heteroatoms. The number of halogens is 2. The van der Waals surface area contributed by atoms with Crippen LogP contribution in [-0.4, -0.2) is 83.8 Å². The Kier molecular flexibility index (Phi) is 9.76. The van der Waals surface area contributed by atoms with Crippen LogP contribution < -0.4 is 25.2 Å². The van der Waals surface area contributed by atoms with Crippen molar-refractivity contribution in [3.63, 3.8) is 0 Å². The molecule has 3 aromatic carbocycles. The van der Waals surface area contributed by atoms with Crippen LogP contribution in [0.5, 0.6) is 11.5 Å². The number of anilines is 2. The summed E-state index contributed by atoms with van der Waals surface area (Å²) in [5.74, 6) is -0.0710. The van der Waals surface area contributed by atoms with Gasteiger partial charge in [0, 0.05) is 76.7 Å². The minimum absolute atomic E-state index is 0.0361. The second-order valence-electron chi connectivity index (χ2n) is 12.6. The Morgan fingerprint density at radius 1 is 1.00 bits per heavy atom. The summed E-state index contributed by atoms with van der Waals surface area (Å²) in [6.07, 6.45) is 3.39. The lowest BCUT2D eigenvalue weighted by Crippen LogP contribution is -2.46. The molecule has 250 valence electrons. The van der Waals surface area contributed by atoms with Crippen molar-refractivity contribution < 1.29 is 13.5 Å². The van der Waals surface area contributed by atoms with Gasteiger partial charge in [-0.2, -0.15) is 5.26 Å². The van der Waals surface area contributed by atoms with Crippen LogP contribution in [0.15, 0.2) is 65.7 Å². The summed E-state index contributed by atoms with van der Waals surface area (Å²) in [7, 11) is 0. The number of nitriles is 1. The first-order valence-corrected chi connectivity index (χ1v) is 17.2. The van der Waals surface area contributed by atoms with Gasteiger partial charge >= 0.3 is 0 Å². The van der Waals surface area contributed by atoms with E-state index in [1.165, 1.54) is 48.5 Å². The maximum absolute atomic E-state index is 15.0. The monoisotopic (exact) mass is 672 g/mol. The second-order valence-corrected chi connectivity index (χ2v) is 13.5. The Bertz CT molecular complexity index is 1850. The van der Waals surface area contributed by atoms with Crippen molar-refractivity contribution in [2.75, 3.05) is 68.5 Å². The number of alkyl halides is 1. The van der Waals surface area contributed by atoms with E-state index in [-0.39, 0.29) is 29.2 Å². The van der Waals surface area contributed by atoms with E-state index in [1.54, 1.807) is 12.1 Å². The standard InChI is InChI=1S/C35H38F2N8O2S/c36-25-11-16-44(22-25)48-41-33-8-6-31(37)34(30(33)20-38)47-28-5-7-32-29(19-28)35(46)45(23-40-32)27-3-1-26(2-4-27)43-14-9-24(10-15-43)21-42-17-12-39-13-18-42/h1-8,19,23-25,39,41H,9-18,21-22H2. The summed E-state index contributed by atoms with van der Waals surface area (Å²) in [5.41, 5.74) is 2.30. The van der Waals surface area contributed by atoms with E-state index in [4.69, 9.17) is 4.74 Å². The minimum atomic E-state index is -0.895. The summed E-state index contributed by atoms with van der Waals surface area (Å²) >= 11 is 1.16. The molecular weight excluding hydrogens is 635 g/mol. The number of piperidine rings is 1. The van der Waals surface area contributed by atoms with Crippen molar-refractivity contribution in [1.82, 2.24) is 24.1 Å². The molecule has 1 atom stereocenters. The van der Waals surface area contributed by atoms with Gasteiger partial charge in [0.05, 0.1) is 22.3 Å². The molecule has 2 N–H and O–H groups in total. The number of benzene rings is 3. The molecule has 48 heavy (non-hydrogen) atoms. The Hall–Kier alpha value is -4.22. The number of nitrogens with zero attached hydrogens (tertiary/aromatic N) is 6. The summed E-state index contributed by atoms with van der Waals surface area (Å²) < 4.78 is 40.8. The molecule has 4 heterocycles. The van der Waals surface area contributed by atoms with Crippen LogP contribution in [0.3, 0.4) is 0 Å². The average Bonchev–Trinajstić information content (AvgIpc) is 3.54. The van der Waals surface area contributed by atoms with E-state index in [0.717, 1.165) is 63.0 Å². The SMILES string of the molecule is N#Cc1c(NSN2CCC(F)C2)ccc(F)c1Oc1ccc2ncn(-c3ccc(N4CCC(CN5CCNCC5)CC4)cc3)c(=O)c2c1. The van der Waals surface area contributed by atoms with Gasteiger partial charge in [0.15, 0.2) is 11.6 Å². The van der Waals surface area contributed by atoms with Crippen LogP contribution >= 0.6 is 12.1 Å². The highest BCUT2D eigenvalue weighted by molar-refractivity contribution is 7.98. The Balaban J connectivity index is 1.05. The number of fused-ring (bicyclic) bond motifs is 1. The molecule has 4 aromatic rings. The van der Waals surface area contributed by atoms with E-state index in [0.29, 0.717) is 35.2 Å². The fourth-order valence-electron chi connectivity index (χ4n) is 6.66. The molecule has 3 aliphatic heterocycles. The molecule has 0 radical (unpaired) electrons. The van der Waals surface area contributed by atoms with Crippen molar-refractivity contribution in [1.29, 1.82) is 5.26 Å². The van der Waals surface area contributed by atoms with Gasteiger partial charge in [0.1, 0.15) is 29.9 Å². The number of hydrogen-bond acceptors (Lipinski definition) is 10. The molecule has 3 fully saturated rings. The summed E-state index contributed by atoms with van der Waals surface area (Å²) in [4.78, 5) is 23.1. The lowest BCUT2D eigenvalue weighted by atomic mass is 9.95. The molecule has 0 spiro atoms. The topological polar surface area (TPSA) is 102 Å². The van der Waals surface area contributed by atoms with E-state index in [9.17, 15) is 18.8 Å². The first kappa shape index (κ1) is 32.3. The smallest absolute Gasteiger partial charge is 0.265 e. The van der Waals surface area contributed by atoms with Gasteiger partial charge in [-0.05, 0) is 79.8 Å². The van der Waals surface area contributed by atoms with Crippen molar-refractivity contribution in [2.45, 2.75) is 25.4 Å². The van der Waals surface area contributed by atoms with Crippen molar-refractivity contribution in [2.24, 2.45) is 5.92 Å². The van der Waals surface area contributed by atoms with Crippen LogP contribution in [0.2, 0.25) is 0 Å². The number of rotatable bonds is 9. The fourth-order valence-corrected chi connectivity index (χ4v) is 7.49. The van der Waals surface area contributed by atoms with Crippen LogP contribution in [0, 0.1) is 23.1 Å². The van der Waals surface area contributed by atoms with Gasteiger partial charge in [-0.25, -0.2) is 18.1 Å². The van der Waals surface area contributed by atoms with Gasteiger partial charge in [-0.15, -0.1) is 0 Å². The third-order valence-electron chi connectivity index (χ3n) is 9.38. The first-order chi connectivity index (χ1) is 23.4. The Labute approximate surface area is 282 Å². The fraction of sp³-hybridized carbons (Fsp3) is 0.400. The van der Waals surface area contributed by atoms with Gasteiger partial charge in [-0.1, -0.05) is 0 Å². The molecule has 0 saturated carbocycles. The maximum Gasteiger partial charge on any atom is 0.265 e. The van der Waals surface area contributed by atoms with Gasteiger partial charge in [-0.3, -0.25) is 9.36 Å². The number of piperazine rings is 1. The lowest BCUT2D eigenvalue weighted by molar-refractivity contribution is 0.190. The quantitative estimate of drug-likeness (QED) is 0.227. The van der Waals surface area contributed by atoms with Crippen LogP contribution in [-0.2, 0) is 0 Å². The lowest BCUT2D eigenvalue weighted by Gasteiger charge is -2.37. The largest absolute Gasteiger partial charge is 0.453 e. The molecule has 0 aliphatic carbocycles. The van der Waals surface area contributed by atoms with Crippen molar-refractivity contribution >= 4 is 34.4 Å². The minimum Gasteiger partial charge on any atom is -0.453 e. The zero-order valence-corrected chi connectivity index (χ0v) is 27.4. The second kappa shape index (κ2) is 14.5. The van der Waals surface area contributed by atoms with E-state index < -0.39 is 12.0 Å². The molecule has 1 unspecified atom stereocenters. The molecule has 1 aromatic heterocycles. The molecule has 3 aliphatic rings. The third-order valence-corrected chi connectivity index (χ3v) is 10.3. The van der Waals surface area contributed by atoms with Crippen molar-refractivity contribution in [3.8, 4) is 23.3 Å².